The van der Waals surface area contributed by atoms with Crippen LogP contribution in [0.15, 0.2) is 10.9 Å². The first kappa shape index (κ1) is 14.4. The average molecular weight is 271 g/mol. The van der Waals surface area contributed by atoms with Crippen molar-refractivity contribution in [3.63, 3.8) is 0 Å². The number of carboxylic acid groups (broad SMARTS) is 1. The van der Waals surface area contributed by atoms with Crippen LogP contribution in [-0.2, 0) is 11.3 Å². The van der Waals surface area contributed by atoms with E-state index in [2.05, 4.69) is 10.3 Å². The third-order valence-electron chi connectivity index (χ3n) is 2.27. The number of nitrogens with one attached hydrogen (secondary N) is 1. The van der Waals surface area contributed by atoms with E-state index in [1.165, 1.54) is 16.2 Å². The number of aromatic nitrogens is 1. The Morgan fingerprint density at radius 3 is 2.72 bits per heavy atom. The van der Waals surface area contributed by atoms with E-state index in [9.17, 15) is 9.59 Å². The van der Waals surface area contributed by atoms with E-state index < -0.39 is 11.5 Å². The molecular formula is C11H17N3O3S. The number of hydrogen-bond acceptors (Lipinski definition) is 4. The maximum atomic E-state index is 11.9. The van der Waals surface area contributed by atoms with E-state index in [4.69, 9.17) is 5.11 Å². The molecular weight excluding hydrogens is 254 g/mol. The van der Waals surface area contributed by atoms with Crippen molar-refractivity contribution in [3.8, 4) is 0 Å². The second-order valence-electron chi connectivity index (χ2n) is 4.72. The molecule has 0 bridgehead atoms. The van der Waals surface area contributed by atoms with Crippen LogP contribution in [0.5, 0.6) is 0 Å². The van der Waals surface area contributed by atoms with Gasteiger partial charge in [-0.3, -0.25) is 4.79 Å². The molecule has 18 heavy (non-hydrogen) atoms. The minimum Gasteiger partial charge on any atom is -0.481 e. The van der Waals surface area contributed by atoms with Gasteiger partial charge in [0.15, 0.2) is 0 Å². The van der Waals surface area contributed by atoms with Crippen molar-refractivity contribution in [2.75, 3.05) is 7.05 Å². The third kappa shape index (κ3) is 4.70. The zero-order valence-electron chi connectivity index (χ0n) is 10.6. The summed E-state index contributed by atoms with van der Waals surface area (Å²) in [7, 11) is 1.64. The topological polar surface area (TPSA) is 82.5 Å². The van der Waals surface area contributed by atoms with Crippen molar-refractivity contribution >= 4 is 23.3 Å². The highest BCUT2D eigenvalue weighted by Crippen LogP contribution is 2.10. The van der Waals surface area contributed by atoms with E-state index in [0.29, 0.717) is 6.54 Å². The van der Waals surface area contributed by atoms with Gasteiger partial charge in [0.2, 0.25) is 0 Å². The lowest BCUT2D eigenvalue weighted by atomic mass is 10.0. The zero-order chi connectivity index (χ0) is 13.8. The van der Waals surface area contributed by atoms with Gasteiger partial charge in [0.25, 0.3) is 0 Å². The molecule has 1 aromatic rings. The molecule has 0 radical (unpaired) electrons. The monoisotopic (exact) mass is 271 g/mol. The van der Waals surface area contributed by atoms with Crippen LogP contribution in [0.2, 0.25) is 0 Å². The van der Waals surface area contributed by atoms with Gasteiger partial charge < -0.3 is 15.3 Å². The van der Waals surface area contributed by atoms with E-state index in [1.807, 2.05) is 5.38 Å². The van der Waals surface area contributed by atoms with E-state index in [-0.39, 0.29) is 12.5 Å². The highest BCUT2D eigenvalue weighted by atomic mass is 32.1. The van der Waals surface area contributed by atoms with Crippen LogP contribution in [0.1, 0.15) is 26.0 Å². The van der Waals surface area contributed by atoms with E-state index in [1.54, 1.807) is 26.4 Å². The number of rotatable bonds is 5. The summed E-state index contributed by atoms with van der Waals surface area (Å²) in [6.07, 6.45) is -0.122. The van der Waals surface area contributed by atoms with Gasteiger partial charge in [0, 0.05) is 18.0 Å². The molecule has 0 aliphatic heterocycles. The van der Waals surface area contributed by atoms with Gasteiger partial charge in [-0.05, 0) is 13.8 Å². The first-order valence-corrected chi connectivity index (χ1v) is 6.36. The molecule has 2 N–H and O–H groups in total. The van der Waals surface area contributed by atoms with Crippen LogP contribution in [-0.4, -0.2) is 39.6 Å². The lowest BCUT2D eigenvalue weighted by Crippen LogP contribution is -2.49. The molecule has 0 aromatic carbocycles. The minimum absolute atomic E-state index is 0.122. The van der Waals surface area contributed by atoms with Crippen LogP contribution in [0.3, 0.4) is 0 Å². The fraction of sp³-hybridized carbons (Fsp3) is 0.545. The van der Waals surface area contributed by atoms with Crippen molar-refractivity contribution in [2.45, 2.75) is 32.4 Å². The number of urea groups is 1. The van der Waals surface area contributed by atoms with Gasteiger partial charge >= 0.3 is 12.0 Å². The van der Waals surface area contributed by atoms with Gasteiger partial charge in [0.05, 0.1) is 24.2 Å². The number of aliphatic carboxylic acids is 1. The van der Waals surface area contributed by atoms with Crippen molar-refractivity contribution in [3.05, 3.63) is 16.6 Å². The quantitative estimate of drug-likeness (QED) is 0.851. The normalized spacial score (nSPS) is 11.1. The minimum atomic E-state index is -0.942. The van der Waals surface area contributed by atoms with Crippen molar-refractivity contribution in [2.24, 2.45) is 0 Å². The molecule has 1 heterocycles. The molecule has 0 aliphatic rings. The van der Waals surface area contributed by atoms with Crippen LogP contribution in [0.25, 0.3) is 0 Å². The van der Waals surface area contributed by atoms with Gasteiger partial charge in [-0.25, -0.2) is 9.78 Å². The van der Waals surface area contributed by atoms with Crippen LogP contribution < -0.4 is 5.32 Å². The zero-order valence-corrected chi connectivity index (χ0v) is 11.5. The number of amides is 2. The molecule has 100 valence electrons. The summed E-state index contributed by atoms with van der Waals surface area (Å²) in [6.45, 7) is 3.75. The standard InChI is InChI=1S/C11H17N3O3S/c1-11(2,4-9(15)16)13-10(17)14(3)5-8-6-18-7-12-8/h6-7H,4-5H2,1-3H3,(H,13,17)(H,15,16). The molecule has 2 amide bonds. The fourth-order valence-electron chi connectivity index (χ4n) is 1.44. The van der Waals surface area contributed by atoms with Crippen molar-refractivity contribution < 1.29 is 14.7 Å². The third-order valence-corrected chi connectivity index (χ3v) is 2.90. The number of thiazole rings is 1. The Balaban J connectivity index is 2.51. The Morgan fingerprint density at radius 2 is 2.22 bits per heavy atom. The molecule has 0 fully saturated rings. The molecule has 0 unspecified atom stereocenters. The summed E-state index contributed by atoms with van der Waals surface area (Å²) in [5.41, 5.74) is 1.74. The second-order valence-corrected chi connectivity index (χ2v) is 5.44. The lowest BCUT2D eigenvalue weighted by molar-refractivity contribution is -0.138. The average Bonchev–Trinajstić information content (AvgIpc) is 2.67. The Kier molecular flexibility index (Phi) is 4.66. The largest absolute Gasteiger partial charge is 0.481 e. The molecule has 6 nitrogen and oxygen atoms in total. The smallest absolute Gasteiger partial charge is 0.317 e. The molecule has 0 atom stereocenters. The number of carbonyl (C=O) groups excluding carboxylic acids is 1. The van der Waals surface area contributed by atoms with E-state index in [0.717, 1.165) is 5.69 Å². The molecule has 0 aliphatic carbocycles. The highest BCUT2D eigenvalue weighted by molar-refractivity contribution is 7.07. The maximum absolute atomic E-state index is 11.9. The van der Waals surface area contributed by atoms with Crippen LogP contribution in [0.4, 0.5) is 4.79 Å². The SMILES string of the molecule is CN(Cc1cscn1)C(=O)NC(C)(C)CC(=O)O. The molecule has 7 heteroatoms. The summed E-state index contributed by atoms with van der Waals surface area (Å²) in [5.74, 6) is -0.942. The molecule has 1 aromatic heterocycles. The Hall–Kier alpha value is -1.63. The number of carbonyl (C=O) groups is 2. The molecule has 0 saturated heterocycles. The van der Waals surface area contributed by atoms with E-state index >= 15 is 0 Å². The lowest BCUT2D eigenvalue weighted by Gasteiger charge is -2.27. The first-order chi connectivity index (χ1) is 8.30. The van der Waals surface area contributed by atoms with Gasteiger partial charge in [-0.2, -0.15) is 0 Å². The summed E-state index contributed by atoms with van der Waals surface area (Å²) in [4.78, 5) is 28.1. The Bertz CT molecular complexity index is 417. The predicted octanol–water partition coefficient (Wildman–Crippen LogP) is 1.54. The Labute approximate surface area is 110 Å². The van der Waals surface area contributed by atoms with Crippen LogP contribution >= 0.6 is 11.3 Å². The number of hydrogen-bond donors (Lipinski definition) is 2. The number of carboxylic acids is 1. The highest BCUT2D eigenvalue weighted by Gasteiger charge is 2.25. The fourth-order valence-corrected chi connectivity index (χ4v) is 1.99. The first-order valence-electron chi connectivity index (χ1n) is 5.42. The van der Waals surface area contributed by atoms with Crippen molar-refractivity contribution in [1.82, 2.24) is 15.2 Å². The molecule has 0 saturated carbocycles. The van der Waals surface area contributed by atoms with Gasteiger partial charge in [-0.1, -0.05) is 0 Å². The summed E-state index contributed by atoms with van der Waals surface area (Å²) >= 11 is 1.47. The summed E-state index contributed by atoms with van der Waals surface area (Å²) < 4.78 is 0. The molecule has 1 rings (SSSR count). The predicted molar refractivity (Wildman–Crippen MR) is 68.4 cm³/mol. The Morgan fingerprint density at radius 1 is 1.56 bits per heavy atom. The van der Waals surface area contributed by atoms with Crippen LogP contribution in [0, 0.1) is 0 Å². The molecule has 0 spiro atoms. The summed E-state index contributed by atoms with van der Waals surface area (Å²) in [5, 5.41) is 13.3. The number of nitrogens with zero attached hydrogens (tertiary/aromatic N) is 2. The van der Waals surface area contributed by atoms with Gasteiger partial charge in [-0.15, -0.1) is 11.3 Å². The van der Waals surface area contributed by atoms with Gasteiger partial charge in [0.1, 0.15) is 0 Å². The summed E-state index contributed by atoms with van der Waals surface area (Å²) in [6, 6.07) is -0.311. The second kappa shape index (κ2) is 5.81. The van der Waals surface area contributed by atoms with Crippen molar-refractivity contribution in [1.29, 1.82) is 0 Å². The maximum Gasteiger partial charge on any atom is 0.317 e.